The molecular weight excluding hydrogens is 512 g/mol. The lowest BCUT2D eigenvalue weighted by atomic mass is 10.0. The first-order valence-electron chi connectivity index (χ1n) is 12.7. The van der Waals surface area contributed by atoms with E-state index in [-0.39, 0.29) is 10.7 Å². The lowest BCUT2D eigenvalue weighted by Gasteiger charge is -2.29. The third-order valence-electron chi connectivity index (χ3n) is 5.84. The topological polar surface area (TPSA) is 77.1 Å². The van der Waals surface area contributed by atoms with Gasteiger partial charge in [-0.25, -0.2) is 0 Å². The van der Waals surface area contributed by atoms with Crippen molar-refractivity contribution in [2.45, 2.75) is 26.9 Å². The molecule has 200 valence electrons. The number of amides is 2. The molecule has 1 aliphatic rings. The maximum absolute atomic E-state index is 13.6. The van der Waals surface area contributed by atoms with Gasteiger partial charge in [0, 0.05) is 11.6 Å². The summed E-state index contributed by atoms with van der Waals surface area (Å²) in [5, 5.41) is 2.63. The van der Waals surface area contributed by atoms with Gasteiger partial charge in [-0.05, 0) is 74.0 Å². The Morgan fingerprint density at radius 2 is 1.72 bits per heavy atom. The third-order valence-corrected chi connectivity index (χ3v) is 6.13. The predicted molar refractivity (Wildman–Crippen MR) is 156 cm³/mol. The van der Waals surface area contributed by atoms with Gasteiger partial charge in [0.05, 0.1) is 18.9 Å². The molecule has 8 heteroatoms. The molecule has 1 heterocycles. The minimum atomic E-state index is -0.574. The van der Waals surface area contributed by atoms with Gasteiger partial charge in [0.25, 0.3) is 11.8 Å². The number of ether oxygens (including phenoxy) is 3. The highest BCUT2D eigenvalue weighted by atomic mass is 32.1. The number of allylic oxidation sites excluding steroid dienone is 1. The Labute approximate surface area is 233 Å². The molecule has 3 aromatic carbocycles. The van der Waals surface area contributed by atoms with Crippen molar-refractivity contribution in [1.82, 2.24) is 5.32 Å². The molecule has 1 aliphatic heterocycles. The number of hydrogen-bond donors (Lipinski definition) is 1. The number of rotatable bonds is 11. The van der Waals surface area contributed by atoms with Crippen LogP contribution in [0, 0.1) is 0 Å². The quantitative estimate of drug-likeness (QED) is 0.147. The van der Waals surface area contributed by atoms with E-state index in [2.05, 4.69) is 11.9 Å². The minimum absolute atomic E-state index is 0.00260. The largest absolute Gasteiger partial charge is 0.494 e. The molecule has 0 saturated carbocycles. The smallest absolute Gasteiger partial charge is 0.270 e. The van der Waals surface area contributed by atoms with Crippen molar-refractivity contribution in [3.05, 3.63) is 102 Å². The van der Waals surface area contributed by atoms with E-state index in [0.29, 0.717) is 54.7 Å². The number of benzene rings is 3. The van der Waals surface area contributed by atoms with E-state index in [1.807, 2.05) is 50.2 Å². The number of hydrogen-bond acceptors (Lipinski definition) is 6. The summed E-state index contributed by atoms with van der Waals surface area (Å²) in [5.74, 6) is 0.590. The molecule has 39 heavy (non-hydrogen) atoms. The van der Waals surface area contributed by atoms with Crippen molar-refractivity contribution in [3.8, 4) is 17.2 Å². The van der Waals surface area contributed by atoms with Crippen LogP contribution >= 0.6 is 12.2 Å². The summed E-state index contributed by atoms with van der Waals surface area (Å²) in [6, 6.07) is 20.5. The molecule has 0 aliphatic carbocycles. The standard InChI is InChI=1S/C31H30N2O5S/c1-4-11-23-16-22(18-27(37-6-3)28(23)38-20-21-12-8-7-9-13-21)17-26-29(34)32-31(39)33(30(26)35)24-14-10-15-25(19-24)36-5-2/h4,7-10,12-19H,1,5-6,11,20H2,2-3H3,(H,32,34,39)/b26-17-. The van der Waals surface area contributed by atoms with Gasteiger partial charge in [0.15, 0.2) is 16.6 Å². The van der Waals surface area contributed by atoms with Gasteiger partial charge in [-0.3, -0.25) is 19.8 Å². The molecule has 0 spiro atoms. The Morgan fingerprint density at radius 3 is 2.44 bits per heavy atom. The van der Waals surface area contributed by atoms with Crippen LogP contribution in [0.1, 0.15) is 30.5 Å². The van der Waals surface area contributed by atoms with Gasteiger partial charge in [-0.15, -0.1) is 6.58 Å². The first-order valence-corrected chi connectivity index (χ1v) is 13.1. The molecule has 0 aromatic heterocycles. The Bertz CT molecular complexity index is 1420. The second-order valence-electron chi connectivity index (χ2n) is 8.60. The highest BCUT2D eigenvalue weighted by Gasteiger charge is 2.34. The molecule has 0 bridgehead atoms. The summed E-state index contributed by atoms with van der Waals surface area (Å²) >= 11 is 5.34. The maximum Gasteiger partial charge on any atom is 0.270 e. The first-order chi connectivity index (χ1) is 18.9. The van der Waals surface area contributed by atoms with Crippen molar-refractivity contribution in [2.75, 3.05) is 18.1 Å². The van der Waals surface area contributed by atoms with Crippen LogP contribution in [0.3, 0.4) is 0 Å². The van der Waals surface area contributed by atoms with Gasteiger partial charge >= 0.3 is 0 Å². The fourth-order valence-corrected chi connectivity index (χ4v) is 4.45. The van der Waals surface area contributed by atoms with Crippen molar-refractivity contribution in [1.29, 1.82) is 0 Å². The monoisotopic (exact) mass is 542 g/mol. The third kappa shape index (κ3) is 6.53. The van der Waals surface area contributed by atoms with Crippen molar-refractivity contribution < 1.29 is 23.8 Å². The average Bonchev–Trinajstić information content (AvgIpc) is 2.92. The van der Waals surface area contributed by atoms with Gasteiger partial charge in [0.1, 0.15) is 17.9 Å². The highest BCUT2D eigenvalue weighted by molar-refractivity contribution is 7.80. The van der Waals surface area contributed by atoms with E-state index in [4.69, 9.17) is 26.4 Å². The summed E-state index contributed by atoms with van der Waals surface area (Å²) in [5.41, 5.74) is 2.88. The molecule has 4 rings (SSSR count). The molecule has 0 radical (unpaired) electrons. The zero-order valence-corrected chi connectivity index (χ0v) is 22.8. The molecule has 7 nitrogen and oxygen atoms in total. The molecule has 1 N–H and O–H groups in total. The Hall–Kier alpha value is -4.43. The van der Waals surface area contributed by atoms with Gasteiger partial charge < -0.3 is 14.2 Å². The molecule has 0 atom stereocenters. The van der Waals surface area contributed by atoms with E-state index < -0.39 is 11.8 Å². The van der Waals surface area contributed by atoms with Crippen LogP contribution in [-0.4, -0.2) is 30.1 Å². The molecule has 0 unspecified atom stereocenters. The van der Waals surface area contributed by atoms with Crippen LogP contribution in [0.25, 0.3) is 6.08 Å². The first kappa shape index (κ1) is 27.6. The average molecular weight is 543 g/mol. The van der Waals surface area contributed by atoms with Crippen LogP contribution < -0.4 is 24.4 Å². The predicted octanol–water partition coefficient (Wildman–Crippen LogP) is 5.62. The fraction of sp³-hybridized carbons (Fsp3) is 0.194. The van der Waals surface area contributed by atoms with Crippen LogP contribution in [-0.2, 0) is 22.6 Å². The van der Waals surface area contributed by atoms with E-state index >= 15 is 0 Å². The Morgan fingerprint density at radius 1 is 0.949 bits per heavy atom. The van der Waals surface area contributed by atoms with E-state index in [0.717, 1.165) is 11.1 Å². The van der Waals surface area contributed by atoms with Gasteiger partial charge in [0.2, 0.25) is 0 Å². The van der Waals surface area contributed by atoms with Crippen LogP contribution in [0.4, 0.5) is 5.69 Å². The fourth-order valence-electron chi connectivity index (χ4n) is 4.17. The van der Waals surface area contributed by atoms with E-state index in [1.165, 1.54) is 11.0 Å². The van der Waals surface area contributed by atoms with Crippen molar-refractivity contribution in [2.24, 2.45) is 0 Å². The van der Waals surface area contributed by atoms with Crippen molar-refractivity contribution >= 4 is 40.9 Å². The molecule has 1 saturated heterocycles. The SMILES string of the molecule is C=CCc1cc(/C=C2/C(=O)NC(=S)N(c3cccc(OCC)c3)C2=O)cc(OCC)c1OCc1ccccc1. The zero-order chi connectivity index (χ0) is 27.8. The summed E-state index contributed by atoms with van der Waals surface area (Å²) in [6.45, 7) is 8.87. The van der Waals surface area contributed by atoms with Gasteiger partial charge in [-0.1, -0.05) is 42.5 Å². The molecule has 1 fully saturated rings. The Kier molecular flexibility index (Phi) is 9.12. The molecule has 3 aromatic rings. The summed E-state index contributed by atoms with van der Waals surface area (Å²) in [6.07, 6.45) is 3.80. The zero-order valence-electron chi connectivity index (χ0n) is 21.9. The second kappa shape index (κ2) is 12.9. The number of thiocarbonyl (C=S) groups is 1. The van der Waals surface area contributed by atoms with Crippen LogP contribution in [0.2, 0.25) is 0 Å². The normalized spacial score (nSPS) is 14.3. The summed E-state index contributed by atoms with van der Waals surface area (Å²) < 4.78 is 17.7. The number of anilines is 1. The van der Waals surface area contributed by atoms with Gasteiger partial charge in [-0.2, -0.15) is 0 Å². The highest BCUT2D eigenvalue weighted by Crippen LogP contribution is 2.36. The van der Waals surface area contributed by atoms with Crippen LogP contribution in [0.5, 0.6) is 17.2 Å². The summed E-state index contributed by atoms with van der Waals surface area (Å²) in [4.78, 5) is 27.8. The maximum atomic E-state index is 13.6. The van der Waals surface area contributed by atoms with Crippen molar-refractivity contribution in [3.63, 3.8) is 0 Å². The number of carbonyl (C=O) groups is 2. The number of nitrogens with one attached hydrogen (secondary N) is 1. The van der Waals surface area contributed by atoms with E-state index in [9.17, 15) is 9.59 Å². The Balaban J connectivity index is 1.71. The minimum Gasteiger partial charge on any atom is -0.494 e. The molecule has 2 amide bonds. The van der Waals surface area contributed by atoms with Crippen LogP contribution in [0.15, 0.2) is 85.0 Å². The lowest BCUT2D eigenvalue weighted by Crippen LogP contribution is -2.54. The lowest BCUT2D eigenvalue weighted by molar-refractivity contribution is -0.122. The number of nitrogens with zero attached hydrogens (tertiary/aromatic N) is 1. The number of carbonyl (C=O) groups excluding carboxylic acids is 2. The summed E-state index contributed by atoms with van der Waals surface area (Å²) in [7, 11) is 0. The van der Waals surface area contributed by atoms with E-state index in [1.54, 1.807) is 36.4 Å². The molecular formula is C31H30N2O5S. The second-order valence-corrected chi connectivity index (χ2v) is 8.98.